The summed E-state index contributed by atoms with van der Waals surface area (Å²) in [5.41, 5.74) is 0.652. The summed E-state index contributed by atoms with van der Waals surface area (Å²) in [6.45, 7) is 3.15. The van der Waals surface area contributed by atoms with E-state index in [-0.39, 0.29) is 16.5 Å². The third kappa shape index (κ3) is 3.93. The first-order valence-electron chi connectivity index (χ1n) is 6.33. The molecule has 21 heavy (non-hydrogen) atoms. The molecule has 2 aromatic carbocycles. The van der Waals surface area contributed by atoms with Crippen LogP contribution < -0.4 is 10.1 Å². The van der Waals surface area contributed by atoms with E-state index in [9.17, 15) is 8.78 Å². The second kappa shape index (κ2) is 7.20. The van der Waals surface area contributed by atoms with Gasteiger partial charge in [-0.1, -0.05) is 30.7 Å². The van der Waals surface area contributed by atoms with Gasteiger partial charge in [-0.05, 0) is 34.6 Å². The van der Waals surface area contributed by atoms with E-state index in [1.54, 1.807) is 12.1 Å². The van der Waals surface area contributed by atoms with Gasteiger partial charge in [0.2, 0.25) is 0 Å². The Hall–Kier alpha value is -1.17. The summed E-state index contributed by atoms with van der Waals surface area (Å²) in [5.74, 6) is -0.896. The van der Waals surface area contributed by atoms with Crippen molar-refractivity contribution in [3.63, 3.8) is 0 Å². The van der Waals surface area contributed by atoms with Crippen molar-refractivity contribution in [3.05, 3.63) is 57.0 Å². The monoisotopic (exact) mass is 375 g/mol. The topological polar surface area (TPSA) is 21.3 Å². The molecule has 0 radical (unpaired) electrons. The van der Waals surface area contributed by atoms with Crippen molar-refractivity contribution in [1.82, 2.24) is 5.32 Å². The second-order valence-corrected chi connectivity index (χ2v) is 5.57. The molecule has 0 unspecified atom stereocenters. The highest BCUT2D eigenvalue weighted by molar-refractivity contribution is 9.10. The van der Waals surface area contributed by atoms with Gasteiger partial charge in [-0.25, -0.2) is 8.78 Å². The quantitative estimate of drug-likeness (QED) is 0.717. The van der Waals surface area contributed by atoms with Gasteiger partial charge in [0.05, 0.1) is 9.50 Å². The highest BCUT2D eigenvalue weighted by Gasteiger charge is 2.14. The van der Waals surface area contributed by atoms with Crippen molar-refractivity contribution < 1.29 is 13.5 Å². The number of halogens is 4. The summed E-state index contributed by atoms with van der Waals surface area (Å²) in [5, 5.41) is 3.07. The summed E-state index contributed by atoms with van der Waals surface area (Å²) in [6, 6.07) is 7.14. The number of rotatable bonds is 5. The lowest BCUT2D eigenvalue weighted by atomic mass is 10.2. The lowest BCUT2D eigenvalue weighted by Gasteiger charge is -2.14. The molecular weight excluding hydrogens is 364 g/mol. The molecular formula is C15H13BrClF2NO. The van der Waals surface area contributed by atoms with Gasteiger partial charge in [0.1, 0.15) is 11.6 Å². The Labute approximate surface area is 135 Å². The first-order chi connectivity index (χ1) is 10.0. The minimum absolute atomic E-state index is 0.0318. The van der Waals surface area contributed by atoms with Gasteiger partial charge in [-0.2, -0.15) is 0 Å². The first kappa shape index (κ1) is 16.2. The summed E-state index contributed by atoms with van der Waals surface area (Å²) in [7, 11) is 0. The zero-order valence-corrected chi connectivity index (χ0v) is 13.6. The molecule has 0 saturated heterocycles. The van der Waals surface area contributed by atoms with Gasteiger partial charge in [-0.3, -0.25) is 0 Å². The molecule has 0 atom stereocenters. The van der Waals surface area contributed by atoms with Crippen LogP contribution in [0.4, 0.5) is 8.78 Å². The summed E-state index contributed by atoms with van der Waals surface area (Å²) in [4.78, 5) is 0. The predicted octanol–water partition coefficient (Wildman–Crippen LogP) is 5.28. The number of benzene rings is 2. The van der Waals surface area contributed by atoms with Crippen molar-refractivity contribution >= 4 is 27.5 Å². The SMILES string of the molecule is CCNCc1cccc(F)c1Oc1cc(F)c(Cl)cc1Br. The lowest BCUT2D eigenvalue weighted by molar-refractivity contribution is 0.428. The van der Waals surface area contributed by atoms with Crippen molar-refractivity contribution in [1.29, 1.82) is 0 Å². The van der Waals surface area contributed by atoms with Crippen LogP contribution in [0.5, 0.6) is 11.5 Å². The van der Waals surface area contributed by atoms with Crippen molar-refractivity contribution in [3.8, 4) is 11.5 Å². The minimum atomic E-state index is -0.626. The number of ether oxygens (including phenoxy) is 1. The molecule has 0 aliphatic carbocycles. The maximum Gasteiger partial charge on any atom is 0.167 e. The smallest absolute Gasteiger partial charge is 0.167 e. The van der Waals surface area contributed by atoms with Gasteiger partial charge < -0.3 is 10.1 Å². The van der Waals surface area contributed by atoms with Crippen molar-refractivity contribution in [2.24, 2.45) is 0 Å². The highest BCUT2D eigenvalue weighted by Crippen LogP contribution is 2.36. The van der Waals surface area contributed by atoms with Crippen LogP contribution in [0.2, 0.25) is 5.02 Å². The molecule has 2 rings (SSSR count). The molecule has 2 aromatic rings. The van der Waals surface area contributed by atoms with Crippen LogP contribution in [0.3, 0.4) is 0 Å². The Balaban J connectivity index is 2.37. The molecule has 0 saturated carbocycles. The first-order valence-corrected chi connectivity index (χ1v) is 7.50. The van der Waals surface area contributed by atoms with Crippen LogP contribution in [0.1, 0.15) is 12.5 Å². The summed E-state index contributed by atoms with van der Waals surface area (Å²) >= 11 is 8.90. The summed E-state index contributed by atoms with van der Waals surface area (Å²) in [6.07, 6.45) is 0. The molecule has 6 heteroatoms. The van der Waals surface area contributed by atoms with Gasteiger partial charge in [0.15, 0.2) is 11.6 Å². The van der Waals surface area contributed by atoms with Crippen LogP contribution in [0, 0.1) is 11.6 Å². The maximum absolute atomic E-state index is 14.0. The molecule has 1 N–H and O–H groups in total. The molecule has 112 valence electrons. The van der Waals surface area contributed by atoms with E-state index in [1.807, 2.05) is 6.92 Å². The van der Waals surface area contributed by atoms with E-state index in [0.717, 1.165) is 12.6 Å². The largest absolute Gasteiger partial charge is 0.453 e. The molecule has 0 bridgehead atoms. The Morgan fingerprint density at radius 3 is 2.71 bits per heavy atom. The van der Waals surface area contributed by atoms with E-state index in [0.29, 0.717) is 16.6 Å². The number of hydrogen-bond acceptors (Lipinski definition) is 2. The van der Waals surface area contributed by atoms with Gasteiger partial charge in [0, 0.05) is 18.2 Å². The highest BCUT2D eigenvalue weighted by atomic mass is 79.9. The molecule has 0 aromatic heterocycles. The molecule has 2 nitrogen and oxygen atoms in total. The minimum Gasteiger partial charge on any atom is -0.453 e. The summed E-state index contributed by atoms with van der Waals surface area (Å²) < 4.78 is 33.5. The van der Waals surface area contributed by atoms with Crippen molar-refractivity contribution in [2.45, 2.75) is 13.5 Å². The normalized spacial score (nSPS) is 10.7. The van der Waals surface area contributed by atoms with E-state index in [2.05, 4.69) is 21.2 Å². The Morgan fingerprint density at radius 1 is 1.24 bits per heavy atom. The molecule has 0 spiro atoms. The van der Waals surface area contributed by atoms with Crippen LogP contribution in [-0.4, -0.2) is 6.54 Å². The standard InChI is InChI=1S/C15H13BrClF2NO/c1-2-20-8-9-4-3-5-12(18)15(9)21-14-7-13(19)11(17)6-10(14)16/h3-7,20H,2,8H2,1H3. The number of nitrogens with one attached hydrogen (secondary N) is 1. The zero-order chi connectivity index (χ0) is 15.4. The third-order valence-corrected chi connectivity index (χ3v) is 3.71. The molecule has 0 aliphatic rings. The average Bonchev–Trinajstić information content (AvgIpc) is 2.45. The zero-order valence-electron chi connectivity index (χ0n) is 11.2. The van der Waals surface area contributed by atoms with Gasteiger partial charge >= 0.3 is 0 Å². The maximum atomic E-state index is 14.0. The van der Waals surface area contributed by atoms with Crippen LogP contribution >= 0.6 is 27.5 Å². The third-order valence-electron chi connectivity index (χ3n) is 2.80. The number of hydrogen-bond donors (Lipinski definition) is 1. The molecule has 0 amide bonds. The average molecular weight is 377 g/mol. The lowest BCUT2D eigenvalue weighted by Crippen LogP contribution is -2.12. The van der Waals surface area contributed by atoms with Crippen LogP contribution in [0.25, 0.3) is 0 Å². The fourth-order valence-corrected chi connectivity index (χ4v) is 2.48. The van der Waals surface area contributed by atoms with Crippen molar-refractivity contribution in [2.75, 3.05) is 6.54 Å². The van der Waals surface area contributed by atoms with Crippen LogP contribution in [0.15, 0.2) is 34.8 Å². The Bertz CT molecular complexity index is 652. The second-order valence-electron chi connectivity index (χ2n) is 4.31. The number of para-hydroxylation sites is 1. The van der Waals surface area contributed by atoms with Gasteiger partial charge in [0.25, 0.3) is 0 Å². The van der Waals surface area contributed by atoms with Crippen LogP contribution in [-0.2, 0) is 6.54 Å². The van der Waals surface area contributed by atoms with E-state index >= 15 is 0 Å². The van der Waals surface area contributed by atoms with Gasteiger partial charge in [-0.15, -0.1) is 0 Å². The predicted molar refractivity (Wildman–Crippen MR) is 83.0 cm³/mol. The fraction of sp³-hybridized carbons (Fsp3) is 0.200. The fourth-order valence-electron chi connectivity index (χ4n) is 1.76. The molecule has 0 aliphatic heterocycles. The molecule has 0 fully saturated rings. The van der Waals surface area contributed by atoms with E-state index < -0.39 is 11.6 Å². The van der Waals surface area contributed by atoms with E-state index in [1.165, 1.54) is 12.1 Å². The Kier molecular flexibility index (Phi) is 5.56. The Morgan fingerprint density at radius 2 is 2.00 bits per heavy atom. The van der Waals surface area contributed by atoms with E-state index in [4.69, 9.17) is 16.3 Å². The molecule has 0 heterocycles.